The molecule has 3 aromatic carbocycles. The first-order valence-corrected chi connectivity index (χ1v) is 8.08. The van der Waals surface area contributed by atoms with Crippen LogP contribution >= 0.6 is 0 Å². The molecular formula is C20H20N2O4. The number of oxime groups is 1. The van der Waals surface area contributed by atoms with E-state index in [1.54, 1.807) is 7.11 Å². The van der Waals surface area contributed by atoms with Gasteiger partial charge in [0.1, 0.15) is 18.1 Å². The van der Waals surface area contributed by atoms with E-state index in [1.165, 1.54) is 0 Å². The van der Waals surface area contributed by atoms with Gasteiger partial charge in [-0.3, -0.25) is 0 Å². The minimum absolute atomic E-state index is 0.139. The molecule has 0 spiro atoms. The van der Waals surface area contributed by atoms with E-state index in [1.807, 2.05) is 61.5 Å². The van der Waals surface area contributed by atoms with Crippen LogP contribution in [0.15, 0.2) is 59.8 Å². The van der Waals surface area contributed by atoms with Crippen molar-refractivity contribution in [2.75, 3.05) is 12.6 Å². The van der Waals surface area contributed by atoms with Crippen LogP contribution in [0.5, 0.6) is 11.5 Å². The Balaban J connectivity index is 1.53. The van der Waals surface area contributed by atoms with Crippen LogP contribution in [-0.2, 0) is 16.3 Å². The van der Waals surface area contributed by atoms with E-state index < -0.39 is 0 Å². The lowest BCUT2D eigenvalue weighted by Crippen LogP contribution is -1.99. The predicted molar refractivity (Wildman–Crippen MR) is 101 cm³/mol. The van der Waals surface area contributed by atoms with Gasteiger partial charge < -0.3 is 19.5 Å². The molecule has 0 radical (unpaired) electrons. The van der Waals surface area contributed by atoms with E-state index in [9.17, 15) is 5.11 Å². The maximum atomic E-state index is 10.3. The average molecular weight is 352 g/mol. The summed E-state index contributed by atoms with van der Waals surface area (Å²) in [7, 11) is 1.61. The second-order valence-corrected chi connectivity index (χ2v) is 5.66. The minimum Gasteiger partial charge on any atom is -0.507 e. The fourth-order valence-corrected chi connectivity index (χ4v) is 2.61. The molecule has 0 aliphatic carbocycles. The number of hydrogen-bond donors (Lipinski definition) is 2. The van der Waals surface area contributed by atoms with Crippen molar-refractivity contribution in [1.82, 2.24) is 0 Å². The van der Waals surface area contributed by atoms with Gasteiger partial charge in [-0.15, -0.1) is 0 Å². The average Bonchev–Trinajstić information content (AvgIpc) is 2.68. The van der Waals surface area contributed by atoms with E-state index in [2.05, 4.69) is 10.6 Å². The van der Waals surface area contributed by atoms with Gasteiger partial charge in [0.15, 0.2) is 0 Å². The van der Waals surface area contributed by atoms with Crippen LogP contribution in [0.25, 0.3) is 10.8 Å². The fraction of sp³-hybridized carbons (Fsp3) is 0.150. The normalized spacial score (nSPS) is 10.8. The number of nitrogens with zero attached hydrogens (tertiary/aromatic N) is 1. The number of nitrogens with one attached hydrogen (secondary N) is 1. The summed E-state index contributed by atoms with van der Waals surface area (Å²) in [6.45, 7) is 2.02. The van der Waals surface area contributed by atoms with Gasteiger partial charge in [-0.05, 0) is 53.6 Å². The Morgan fingerprint density at radius 1 is 1.12 bits per heavy atom. The molecule has 0 saturated carbocycles. The minimum atomic E-state index is 0.139. The van der Waals surface area contributed by atoms with Gasteiger partial charge in [-0.2, -0.15) is 0 Å². The molecule has 0 heterocycles. The molecule has 2 N–H and O–H groups in total. The Morgan fingerprint density at radius 3 is 2.65 bits per heavy atom. The van der Waals surface area contributed by atoms with Gasteiger partial charge in [-0.1, -0.05) is 29.4 Å². The summed E-state index contributed by atoms with van der Waals surface area (Å²) in [5, 5.41) is 16.1. The number of methoxy groups -OCH3 is 1. The summed E-state index contributed by atoms with van der Waals surface area (Å²) in [6, 6.07) is 17.0. The molecule has 0 saturated heterocycles. The molecule has 0 unspecified atom stereocenters. The standard InChI is InChI=1S/C20H20N2O4/c1-14-19-6-4-3-5-15(19)11-16(20(14)23)12-25-21-13-26-22-17-7-9-18(24-2)10-8-17/h3-11,13,22-23H,12H2,1-2H3/b21-13+. The molecule has 6 nitrogen and oxygen atoms in total. The molecule has 0 amide bonds. The monoisotopic (exact) mass is 352 g/mol. The third-order valence-corrected chi connectivity index (χ3v) is 4.01. The number of aromatic hydroxyl groups is 1. The summed E-state index contributed by atoms with van der Waals surface area (Å²) in [6.07, 6.45) is 1.15. The summed E-state index contributed by atoms with van der Waals surface area (Å²) < 4.78 is 5.08. The molecule has 0 aromatic heterocycles. The predicted octanol–water partition coefficient (Wildman–Crippen LogP) is 4.37. The number of hydrogen-bond acceptors (Lipinski definition) is 6. The molecule has 0 aliphatic heterocycles. The summed E-state index contributed by atoms with van der Waals surface area (Å²) in [5.41, 5.74) is 4.95. The highest BCUT2D eigenvalue weighted by atomic mass is 16.7. The number of benzene rings is 3. The summed E-state index contributed by atoms with van der Waals surface area (Å²) >= 11 is 0. The Bertz CT molecular complexity index is 908. The number of phenols is 1. The van der Waals surface area contributed by atoms with Crippen molar-refractivity contribution in [2.45, 2.75) is 13.5 Å². The van der Waals surface area contributed by atoms with Gasteiger partial charge in [-0.25, -0.2) is 5.48 Å². The van der Waals surface area contributed by atoms with Crippen molar-refractivity contribution in [2.24, 2.45) is 5.16 Å². The topological polar surface area (TPSA) is 72.3 Å². The Morgan fingerprint density at radius 2 is 1.88 bits per heavy atom. The van der Waals surface area contributed by atoms with E-state index in [0.29, 0.717) is 5.56 Å². The number of ether oxygens (including phenoxy) is 1. The number of phenolic OH excluding ortho intramolecular Hbond substituents is 1. The zero-order valence-corrected chi connectivity index (χ0v) is 14.6. The third kappa shape index (κ3) is 3.97. The van der Waals surface area contributed by atoms with Crippen LogP contribution in [0.2, 0.25) is 0 Å². The molecule has 0 aliphatic rings. The smallest absolute Gasteiger partial charge is 0.245 e. The molecule has 3 aromatic rings. The molecule has 3 rings (SSSR count). The second-order valence-electron chi connectivity index (χ2n) is 5.66. The van der Waals surface area contributed by atoms with E-state index in [-0.39, 0.29) is 12.4 Å². The highest BCUT2D eigenvalue weighted by Gasteiger charge is 2.09. The number of anilines is 1. The van der Waals surface area contributed by atoms with Crippen LogP contribution in [0, 0.1) is 6.92 Å². The van der Waals surface area contributed by atoms with Crippen LogP contribution in [0.1, 0.15) is 11.1 Å². The lowest BCUT2D eigenvalue weighted by Gasteiger charge is -2.10. The van der Waals surface area contributed by atoms with Crippen LogP contribution < -0.4 is 10.2 Å². The SMILES string of the molecule is COc1ccc(NO/C=N/OCc2cc3ccccc3c(C)c2O)cc1. The van der Waals surface area contributed by atoms with Crippen LogP contribution in [0.4, 0.5) is 5.69 Å². The van der Waals surface area contributed by atoms with Gasteiger partial charge in [0.2, 0.25) is 6.40 Å². The maximum Gasteiger partial charge on any atom is 0.245 e. The molecule has 0 bridgehead atoms. The first-order valence-electron chi connectivity index (χ1n) is 8.08. The highest BCUT2D eigenvalue weighted by molar-refractivity contribution is 5.88. The largest absolute Gasteiger partial charge is 0.507 e. The lowest BCUT2D eigenvalue weighted by molar-refractivity contribution is 0.123. The molecule has 134 valence electrons. The Hall–Kier alpha value is -3.41. The molecule has 6 heteroatoms. The van der Waals surface area contributed by atoms with Crippen LogP contribution in [0.3, 0.4) is 0 Å². The molecular weight excluding hydrogens is 332 g/mol. The van der Waals surface area contributed by atoms with Gasteiger partial charge in [0.25, 0.3) is 0 Å². The molecule has 0 fully saturated rings. The van der Waals surface area contributed by atoms with E-state index >= 15 is 0 Å². The summed E-state index contributed by atoms with van der Waals surface area (Å²) in [4.78, 5) is 10.3. The quantitative estimate of drug-likeness (QED) is 0.375. The van der Waals surface area contributed by atoms with Gasteiger partial charge in [0.05, 0.1) is 12.8 Å². The zero-order chi connectivity index (χ0) is 18.4. The number of fused-ring (bicyclic) bond motifs is 1. The van der Waals surface area contributed by atoms with Crippen molar-refractivity contribution >= 4 is 22.9 Å². The van der Waals surface area contributed by atoms with Crippen molar-refractivity contribution in [3.8, 4) is 11.5 Å². The molecule has 0 atom stereocenters. The van der Waals surface area contributed by atoms with E-state index in [4.69, 9.17) is 14.4 Å². The van der Waals surface area contributed by atoms with Crippen molar-refractivity contribution < 1.29 is 19.5 Å². The Labute approximate surface area is 151 Å². The van der Waals surface area contributed by atoms with Gasteiger partial charge in [0, 0.05) is 5.56 Å². The maximum absolute atomic E-state index is 10.3. The first-order chi connectivity index (χ1) is 12.7. The molecule has 26 heavy (non-hydrogen) atoms. The zero-order valence-electron chi connectivity index (χ0n) is 14.6. The highest BCUT2D eigenvalue weighted by Crippen LogP contribution is 2.30. The number of aryl methyl sites for hydroxylation is 1. The third-order valence-electron chi connectivity index (χ3n) is 4.01. The van der Waals surface area contributed by atoms with E-state index in [0.717, 1.165) is 34.2 Å². The van der Waals surface area contributed by atoms with Gasteiger partial charge >= 0.3 is 0 Å². The second kappa shape index (κ2) is 8.11. The summed E-state index contributed by atoms with van der Waals surface area (Å²) in [5.74, 6) is 0.981. The first kappa shape index (κ1) is 17.4. The van der Waals surface area contributed by atoms with Crippen LogP contribution in [-0.4, -0.2) is 18.6 Å². The van der Waals surface area contributed by atoms with Crippen molar-refractivity contribution in [3.63, 3.8) is 0 Å². The lowest BCUT2D eigenvalue weighted by atomic mass is 10.0. The fourth-order valence-electron chi connectivity index (χ4n) is 2.61. The Kier molecular flexibility index (Phi) is 5.43. The van der Waals surface area contributed by atoms with Crippen molar-refractivity contribution in [3.05, 3.63) is 65.7 Å². The number of rotatable bonds is 7. The van der Waals surface area contributed by atoms with Crippen molar-refractivity contribution in [1.29, 1.82) is 0 Å².